The molecule has 2 aliphatic heterocycles. The summed E-state index contributed by atoms with van der Waals surface area (Å²) in [5.74, 6) is 0.405. The molecule has 1 saturated carbocycles. The van der Waals surface area contributed by atoms with Crippen molar-refractivity contribution in [2.45, 2.75) is 50.6 Å². The highest BCUT2D eigenvalue weighted by Gasteiger charge is 2.64. The quantitative estimate of drug-likeness (QED) is 0.791. The number of carbonyl (C=O) groups excluding carboxylic acids is 2. The Bertz CT molecular complexity index is 1010. The van der Waals surface area contributed by atoms with E-state index in [9.17, 15) is 9.59 Å². The molecule has 166 valence electrons. The van der Waals surface area contributed by atoms with Gasteiger partial charge in [0.25, 0.3) is 5.91 Å². The van der Waals surface area contributed by atoms with E-state index in [2.05, 4.69) is 0 Å². The number of piperidine rings is 1. The maximum atomic E-state index is 14.1. The Labute approximate surface area is 189 Å². The van der Waals surface area contributed by atoms with Crippen LogP contribution < -0.4 is 5.73 Å². The normalized spacial score (nSPS) is 26.3. The van der Waals surface area contributed by atoms with Gasteiger partial charge in [-0.05, 0) is 36.8 Å². The zero-order valence-corrected chi connectivity index (χ0v) is 18.5. The Kier molecular flexibility index (Phi) is 5.03. The van der Waals surface area contributed by atoms with E-state index >= 15 is 0 Å². The molecule has 1 aliphatic carbocycles. The van der Waals surface area contributed by atoms with Crippen LogP contribution in [0.1, 0.15) is 50.2 Å². The number of hydrogen-bond acceptors (Lipinski definition) is 4. The van der Waals surface area contributed by atoms with Crippen molar-refractivity contribution in [1.29, 1.82) is 0 Å². The zero-order valence-electron chi connectivity index (χ0n) is 18.5. The molecule has 32 heavy (non-hydrogen) atoms. The molecule has 0 radical (unpaired) electrons. The van der Waals surface area contributed by atoms with E-state index in [0.29, 0.717) is 13.0 Å². The molecule has 1 saturated heterocycles. The molecule has 2 heterocycles. The van der Waals surface area contributed by atoms with Crippen molar-refractivity contribution >= 4 is 17.8 Å². The summed E-state index contributed by atoms with van der Waals surface area (Å²) >= 11 is 0. The molecular formula is C26H30N4O2. The van der Waals surface area contributed by atoms with Gasteiger partial charge in [-0.1, -0.05) is 67.6 Å². The summed E-state index contributed by atoms with van der Waals surface area (Å²) < 4.78 is 0. The van der Waals surface area contributed by atoms with Gasteiger partial charge in [-0.3, -0.25) is 14.5 Å². The molecular weight excluding hydrogens is 400 g/mol. The van der Waals surface area contributed by atoms with Gasteiger partial charge in [-0.25, -0.2) is 4.99 Å². The first-order valence-corrected chi connectivity index (χ1v) is 11.6. The van der Waals surface area contributed by atoms with Crippen LogP contribution in [0.4, 0.5) is 0 Å². The Balaban J connectivity index is 1.48. The average molecular weight is 431 g/mol. The molecule has 1 spiro atoms. The standard InChI is InChI=1S/C26H30N4O2/c1-2-10-22(31)29-16-9-15-25(18-29)17-21(25)30-23(32)26(28-24(30)27,19-11-5-3-6-12-19)20-13-7-4-8-14-20/h3-8,11-14,21H,2,9-10,15-18H2,1H3,(H2,27,28). The largest absolute Gasteiger partial charge is 0.369 e. The number of guanidine groups is 1. The first-order valence-electron chi connectivity index (χ1n) is 11.6. The van der Waals surface area contributed by atoms with Crippen LogP contribution in [-0.2, 0) is 15.1 Å². The number of carbonyl (C=O) groups is 2. The summed E-state index contributed by atoms with van der Waals surface area (Å²) in [7, 11) is 0. The molecule has 3 aliphatic rings. The third-order valence-electron chi connectivity index (χ3n) is 7.32. The van der Waals surface area contributed by atoms with Gasteiger partial charge in [0.05, 0.1) is 0 Å². The maximum absolute atomic E-state index is 14.1. The first kappa shape index (κ1) is 20.7. The molecule has 2 unspecified atom stereocenters. The third kappa shape index (κ3) is 3.12. The van der Waals surface area contributed by atoms with E-state index in [1.165, 1.54) is 0 Å². The Hall–Kier alpha value is -3.15. The smallest absolute Gasteiger partial charge is 0.266 e. The van der Waals surface area contributed by atoms with E-state index in [1.54, 1.807) is 4.90 Å². The minimum Gasteiger partial charge on any atom is -0.369 e. The first-order chi connectivity index (χ1) is 15.5. The lowest BCUT2D eigenvalue weighted by molar-refractivity contribution is -0.133. The van der Waals surface area contributed by atoms with Crippen LogP contribution >= 0.6 is 0 Å². The second-order valence-corrected chi connectivity index (χ2v) is 9.34. The van der Waals surface area contributed by atoms with Crippen LogP contribution in [0, 0.1) is 5.41 Å². The van der Waals surface area contributed by atoms with Crippen LogP contribution in [0.2, 0.25) is 0 Å². The second-order valence-electron chi connectivity index (χ2n) is 9.34. The molecule has 0 bridgehead atoms. The molecule has 0 aromatic heterocycles. The highest BCUT2D eigenvalue weighted by Crippen LogP contribution is 2.57. The van der Waals surface area contributed by atoms with E-state index in [4.69, 9.17) is 10.7 Å². The molecule has 6 heteroatoms. The van der Waals surface area contributed by atoms with Gasteiger partial charge in [0.2, 0.25) is 5.91 Å². The van der Waals surface area contributed by atoms with Gasteiger partial charge >= 0.3 is 0 Å². The monoisotopic (exact) mass is 430 g/mol. The fourth-order valence-corrected chi connectivity index (χ4v) is 5.63. The minimum absolute atomic E-state index is 0.00900. The zero-order chi connectivity index (χ0) is 22.3. The van der Waals surface area contributed by atoms with Crippen molar-refractivity contribution in [3.8, 4) is 0 Å². The van der Waals surface area contributed by atoms with Gasteiger partial charge in [-0.15, -0.1) is 0 Å². The third-order valence-corrected chi connectivity index (χ3v) is 7.32. The molecule has 6 nitrogen and oxygen atoms in total. The van der Waals surface area contributed by atoms with Gasteiger partial charge in [0.15, 0.2) is 11.5 Å². The van der Waals surface area contributed by atoms with Crippen LogP contribution in [-0.4, -0.2) is 46.7 Å². The van der Waals surface area contributed by atoms with Crippen molar-refractivity contribution in [1.82, 2.24) is 9.80 Å². The van der Waals surface area contributed by atoms with Crippen molar-refractivity contribution in [3.63, 3.8) is 0 Å². The number of amides is 2. The van der Waals surface area contributed by atoms with Gasteiger partial charge in [0.1, 0.15) is 0 Å². The lowest BCUT2D eigenvalue weighted by atomic mass is 9.82. The van der Waals surface area contributed by atoms with E-state index in [0.717, 1.165) is 43.4 Å². The highest BCUT2D eigenvalue weighted by molar-refractivity contribution is 6.09. The average Bonchev–Trinajstić information content (AvgIpc) is 3.41. The Morgan fingerprint density at radius 1 is 1.09 bits per heavy atom. The van der Waals surface area contributed by atoms with Crippen molar-refractivity contribution in [3.05, 3.63) is 71.8 Å². The molecule has 5 rings (SSSR count). The van der Waals surface area contributed by atoms with Gasteiger partial charge in [-0.2, -0.15) is 0 Å². The number of hydrogen-bond donors (Lipinski definition) is 1. The summed E-state index contributed by atoms with van der Waals surface area (Å²) in [6.07, 6.45) is 4.27. The SMILES string of the molecule is CCCC(=O)N1CCCC2(CC2N2C(=O)C(c3ccccc3)(c3ccccc3)N=C2N)C1. The lowest BCUT2D eigenvalue weighted by Gasteiger charge is -2.35. The van der Waals surface area contributed by atoms with Crippen LogP contribution in [0.3, 0.4) is 0 Å². The van der Waals surface area contributed by atoms with Gasteiger partial charge < -0.3 is 10.6 Å². The molecule has 2 aromatic carbocycles. The summed E-state index contributed by atoms with van der Waals surface area (Å²) in [4.78, 5) is 35.2. The van der Waals surface area contributed by atoms with Crippen LogP contribution in [0.25, 0.3) is 0 Å². The molecule has 2 fully saturated rings. The summed E-state index contributed by atoms with van der Waals surface area (Å²) in [5.41, 5.74) is 6.87. The minimum atomic E-state index is -1.16. The summed E-state index contributed by atoms with van der Waals surface area (Å²) in [6, 6.07) is 19.4. The second kappa shape index (κ2) is 7.76. The molecule has 2 amide bonds. The van der Waals surface area contributed by atoms with E-state index < -0.39 is 5.54 Å². The fourth-order valence-electron chi connectivity index (χ4n) is 5.63. The molecule has 2 N–H and O–H groups in total. The van der Waals surface area contributed by atoms with Crippen molar-refractivity contribution in [2.75, 3.05) is 13.1 Å². The van der Waals surface area contributed by atoms with Crippen LogP contribution in [0.5, 0.6) is 0 Å². The predicted octanol–water partition coefficient (Wildman–Crippen LogP) is 3.27. The lowest BCUT2D eigenvalue weighted by Crippen LogP contribution is -2.49. The topological polar surface area (TPSA) is 79.0 Å². The summed E-state index contributed by atoms with van der Waals surface area (Å²) in [6.45, 7) is 3.55. The highest BCUT2D eigenvalue weighted by atomic mass is 16.2. The molecule has 2 aromatic rings. The Morgan fingerprint density at radius 2 is 1.72 bits per heavy atom. The van der Waals surface area contributed by atoms with Gasteiger partial charge in [0, 0.05) is 31.0 Å². The number of benzene rings is 2. The Morgan fingerprint density at radius 3 is 2.31 bits per heavy atom. The molecule has 2 atom stereocenters. The van der Waals surface area contributed by atoms with Crippen molar-refractivity contribution in [2.24, 2.45) is 16.1 Å². The number of aliphatic imine (C=N–C) groups is 1. The maximum Gasteiger partial charge on any atom is 0.266 e. The van der Waals surface area contributed by atoms with E-state index in [1.807, 2.05) is 72.5 Å². The number of nitrogens with two attached hydrogens (primary N) is 1. The van der Waals surface area contributed by atoms with Crippen LogP contribution in [0.15, 0.2) is 65.7 Å². The van der Waals surface area contributed by atoms with Crippen molar-refractivity contribution < 1.29 is 9.59 Å². The number of rotatable bonds is 5. The predicted molar refractivity (Wildman–Crippen MR) is 124 cm³/mol. The number of nitrogens with zero attached hydrogens (tertiary/aromatic N) is 3. The van der Waals surface area contributed by atoms with E-state index in [-0.39, 0.29) is 29.2 Å². The fraction of sp³-hybridized carbons (Fsp3) is 0.423. The number of likely N-dealkylation sites (tertiary alicyclic amines) is 1. The summed E-state index contributed by atoms with van der Waals surface area (Å²) in [5, 5.41) is 0.